The zero-order chi connectivity index (χ0) is 32.7. The number of piperidine rings is 1. The number of benzene rings is 1. The van der Waals surface area contributed by atoms with Crippen LogP contribution < -0.4 is 21.5 Å². The molecule has 7 rings (SSSR count). The van der Waals surface area contributed by atoms with Crippen molar-refractivity contribution < 1.29 is 8.42 Å². The Hall–Kier alpha value is -4.66. The lowest BCUT2D eigenvalue weighted by Crippen LogP contribution is -2.40. The molecule has 0 saturated carbocycles. The second-order valence-electron chi connectivity index (χ2n) is 12.4. The number of fused-ring (bicyclic) bond motifs is 1. The minimum atomic E-state index is -3.33. The standard InChI is InChI=1S/C33H38N10O3S/c1-21-16-22(29-9-13-37-41(29)2)18-35-30(21)28-17-23-19-36-33(39-25-6-4-24(5-7-25)38-26-8-12-34-20-26)40-31(23)43(32(28)44)27-10-14-42(15-11-27)47(3,45)46/h4-7,9,13,16-19,26-27,34,38H,8,10-12,14-15,20H2,1-3H3,(H,36,39,40). The molecule has 0 amide bonds. The lowest BCUT2D eigenvalue weighted by Gasteiger charge is -2.32. The Morgan fingerprint density at radius 2 is 1.74 bits per heavy atom. The molecule has 2 aliphatic rings. The highest BCUT2D eigenvalue weighted by molar-refractivity contribution is 7.88. The topological polar surface area (TPSA) is 152 Å². The fourth-order valence-electron chi connectivity index (χ4n) is 6.57. The van der Waals surface area contributed by atoms with Crippen molar-refractivity contribution in [2.24, 2.45) is 7.05 Å². The third-order valence-electron chi connectivity index (χ3n) is 9.05. The van der Waals surface area contributed by atoms with Gasteiger partial charge in [0.05, 0.1) is 23.2 Å². The van der Waals surface area contributed by atoms with Crippen LogP contribution in [0.2, 0.25) is 0 Å². The molecule has 14 heteroatoms. The first-order valence-electron chi connectivity index (χ1n) is 15.8. The van der Waals surface area contributed by atoms with Gasteiger partial charge in [-0.2, -0.15) is 10.1 Å². The molecule has 1 aromatic carbocycles. The maximum Gasteiger partial charge on any atom is 0.261 e. The van der Waals surface area contributed by atoms with Crippen molar-refractivity contribution in [3.05, 3.63) is 77.0 Å². The van der Waals surface area contributed by atoms with Gasteiger partial charge in [-0.05, 0) is 80.8 Å². The smallest absolute Gasteiger partial charge is 0.261 e. The van der Waals surface area contributed by atoms with Crippen LogP contribution in [0.5, 0.6) is 0 Å². The maximum atomic E-state index is 14.4. The highest BCUT2D eigenvalue weighted by atomic mass is 32.2. The summed E-state index contributed by atoms with van der Waals surface area (Å²) in [6, 6.07) is 13.9. The zero-order valence-electron chi connectivity index (χ0n) is 26.6. The minimum absolute atomic E-state index is 0.222. The summed E-state index contributed by atoms with van der Waals surface area (Å²) in [5.41, 5.74) is 5.83. The van der Waals surface area contributed by atoms with Crippen molar-refractivity contribution in [3.63, 3.8) is 0 Å². The van der Waals surface area contributed by atoms with Gasteiger partial charge in [-0.1, -0.05) is 0 Å². The summed E-state index contributed by atoms with van der Waals surface area (Å²) in [6.45, 7) is 4.57. The average Bonchev–Trinajstić information content (AvgIpc) is 3.73. The van der Waals surface area contributed by atoms with Gasteiger partial charge >= 0.3 is 0 Å². The summed E-state index contributed by atoms with van der Waals surface area (Å²) in [6.07, 6.45) is 8.49. The Labute approximate surface area is 273 Å². The average molecular weight is 655 g/mol. The summed E-state index contributed by atoms with van der Waals surface area (Å²) in [5, 5.41) is 15.2. The van der Waals surface area contributed by atoms with Gasteiger partial charge in [0.1, 0.15) is 5.65 Å². The molecule has 1 unspecified atom stereocenters. The van der Waals surface area contributed by atoms with Gasteiger partial charge in [0, 0.05) is 79.7 Å². The van der Waals surface area contributed by atoms with E-state index in [2.05, 4.69) is 26.0 Å². The Bertz CT molecular complexity index is 2100. The van der Waals surface area contributed by atoms with Gasteiger partial charge in [0.15, 0.2) is 0 Å². The predicted octanol–water partition coefficient (Wildman–Crippen LogP) is 3.68. The number of hydrogen-bond acceptors (Lipinski definition) is 10. The molecule has 4 aromatic heterocycles. The van der Waals surface area contributed by atoms with Crippen LogP contribution in [-0.2, 0) is 17.1 Å². The van der Waals surface area contributed by atoms with E-state index < -0.39 is 10.0 Å². The second-order valence-corrected chi connectivity index (χ2v) is 14.3. The first kappa shape index (κ1) is 31.0. The first-order valence-corrected chi connectivity index (χ1v) is 17.7. The molecule has 0 spiro atoms. The van der Waals surface area contributed by atoms with Crippen LogP contribution in [0.1, 0.15) is 30.9 Å². The molecule has 2 saturated heterocycles. The van der Waals surface area contributed by atoms with Gasteiger partial charge in [-0.25, -0.2) is 17.7 Å². The van der Waals surface area contributed by atoms with E-state index in [0.29, 0.717) is 60.2 Å². The Kier molecular flexibility index (Phi) is 8.24. The van der Waals surface area contributed by atoms with Crippen LogP contribution in [0.25, 0.3) is 33.5 Å². The number of nitrogens with one attached hydrogen (secondary N) is 3. The highest BCUT2D eigenvalue weighted by Crippen LogP contribution is 2.30. The molecule has 0 radical (unpaired) electrons. The quantitative estimate of drug-likeness (QED) is 0.226. The highest BCUT2D eigenvalue weighted by Gasteiger charge is 2.29. The third kappa shape index (κ3) is 6.35. The molecule has 244 valence electrons. The van der Waals surface area contributed by atoms with Gasteiger partial charge < -0.3 is 16.0 Å². The molecule has 2 fully saturated rings. The van der Waals surface area contributed by atoms with E-state index in [1.54, 1.807) is 33.9 Å². The van der Waals surface area contributed by atoms with Crippen molar-refractivity contribution in [1.29, 1.82) is 0 Å². The van der Waals surface area contributed by atoms with E-state index in [-0.39, 0.29) is 11.6 Å². The maximum absolute atomic E-state index is 14.4. The Morgan fingerprint density at radius 3 is 2.40 bits per heavy atom. The zero-order valence-corrected chi connectivity index (χ0v) is 27.5. The van der Waals surface area contributed by atoms with Crippen molar-refractivity contribution in [2.75, 3.05) is 43.1 Å². The lowest BCUT2D eigenvalue weighted by molar-refractivity contribution is 0.275. The van der Waals surface area contributed by atoms with E-state index in [1.807, 2.05) is 50.4 Å². The molecule has 1 atom stereocenters. The molecule has 0 bridgehead atoms. The van der Waals surface area contributed by atoms with Crippen LogP contribution in [0.4, 0.5) is 17.3 Å². The number of nitrogens with zero attached hydrogens (tertiary/aromatic N) is 7. The summed E-state index contributed by atoms with van der Waals surface area (Å²) >= 11 is 0. The van der Waals surface area contributed by atoms with Crippen LogP contribution in [0.15, 0.2) is 65.8 Å². The van der Waals surface area contributed by atoms with Crippen LogP contribution in [0.3, 0.4) is 0 Å². The van der Waals surface area contributed by atoms with Crippen LogP contribution in [0, 0.1) is 6.92 Å². The Balaban J connectivity index is 1.25. The monoisotopic (exact) mass is 654 g/mol. The van der Waals surface area contributed by atoms with Crippen molar-refractivity contribution in [2.45, 2.75) is 38.3 Å². The first-order chi connectivity index (χ1) is 22.6. The summed E-state index contributed by atoms with van der Waals surface area (Å²) in [4.78, 5) is 28.6. The summed E-state index contributed by atoms with van der Waals surface area (Å²) in [5.74, 6) is 0.363. The van der Waals surface area contributed by atoms with E-state index in [1.165, 1.54) is 10.6 Å². The van der Waals surface area contributed by atoms with Crippen molar-refractivity contribution in [3.8, 4) is 22.5 Å². The molecular weight excluding hydrogens is 616 g/mol. The number of rotatable bonds is 8. The van der Waals surface area contributed by atoms with Crippen molar-refractivity contribution >= 4 is 38.4 Å². The number of pyridine rings is 2. The number of aryl methyl sites for hydroxylation is 2. The van der Waals surface area contributed by atoms with Crippen LogP contribution >= 0.6 is 0 Å². The van der Waals surface area contributed by atoms with E-state index >= 15 is 0 Å². The Morgan fingerprint density at radius 1 is 0.979 bits per heavy atom. The third-order valence-corrected chi connectivity index (χ3v) is 10.4. The van der Waals surface area contributed by atoms with E-state index in [0.717, 1.165) is 47.7 Å². The van der Waals surface area contributed by atoms with E-state index in [4.69, 9.17) is 9.97 Å². The van der Waals surface area contributed by atoms with Gasteiger partial charge in [0.2, 0.25) is 16.0 Å². The fraction of sp³-hybridized carbons (Fsp3) is 0.364. The summed E-state index contributed by atoms with van der Waals surface area (Å²) in [7, 11) is -1.46. The minimum Gasteiger partial charge on any atom is -0.381 e. The molecule has 6 heterocycles. The molecule has 5 aromatic rings. The fourth-order valence-corrected chi connectivity index (χ4v) is 7.44. The lowest BCUT2D eigenvalue weighted by atomic mass is 10.0. The molecular formula is C33H38N10O3S. The molecule has 47 heavy (non-hydrogen) atoms. The SMILES string of the molecule is Cc1cc(-c2ccnn2C)cnc1-c1cc2cnc(Nc3ccc(NC4CCNC4)cc3)nc2n(C2CCN(S(C)(=O)=O)CC2)c1=O. The number of hydrogen-bond donors (Lipinski definition) is 3. The van der Waals surface area contributed by atoms with Gasteiger partial charge in [-0.3, -0.25) is 19.0 Å². The largest absolute Gasteiger partial charge is 0.381 e. The van der Waals surface area contributed by atoms with Crippen molar-refractivity contribution in [1.82, 2.24) is 38.9 Å². The molecule has 13 nitrogen and oxygen atoms in total. The number of anilines is 3. The van der Waals surface area contributed by atoms with Crippen LogP contribution in [-0.4, -0.2) is 80.5 Å². The number of aromatic nitrogens is 6. The second kappa shape index (κ2) is 12.5. The van der Waals surface area contributed by atoms with Gasteiger partial charge in [-0.15, -0.1) is 0 Å². The number of sulfonamides is 1. The predicted molar refractivity (Wildman–Crippen MR) is 183 cm³/mol. The van der Waals surface area contributed by atoms with Gasteiger partial charge in [0.25, 0.3) is 5.56 Å². The van der Waals surface area contributed by atoms with E-state index in [9.17, 15) is 13.2 Å². The molecule has 3 N–H and O–H groups in total. The molecule has 0 aliphatic carbocycles. The normalized spacial score (nSPS) is 17.7. The summed E-state index contributed by atoms with van der Waals surface area (Å²) < 4.78 is 29.5. The molecule has 2 aliphatic heterocycles.